The Morgan fingerprint density at radius 3 is 2.71 bits per heavy atom. The van der Waals surface area contributed by atoms with Crippen molar-refractivity contribution >= 4 is 0 Å². The van der Waals surface area contributed by atoms with Crippen molar-refractivity contribution in [2.45, 2.75) is 59.4 Å². The molecule has 1 fully saturated rings. The van der Waals surface area contributed by atoms with Crippen molar-refractivity contribution in [3.63, 3.8) is 0 Å². The molecule has 0 aromatic rings. The monoisotopic (exact) mass is 240 g/mol. The maximum Gasteiger partial charge on any atom is 0.00792 e. The van der Waals surface area contributed by atoms with Crippen molar-refractivity contribution in [1.29, 1.82) is 0 Å². The van der Waals surface area contributed by atoms with E-state index in [2.05, 4.69) is 37.9 Å². The summed E-state index contributed by atoms with van der Waals surface area (Å²) in [6, 6.07) is 0.688. The molecule has 2 atom stereocenters. The predicted molar refractivity (Wildman–Crippen MR) is 76.4 cm³/mol. The number of likely N-dealkylation sites (tertiary alicyclic amines) is 1. The second kappa shape index (κ2) is 8.10. The molecule has 2 heteroatoms. The fraction of sp³-hybridized carbons (Fsp3) is 1.00. The van der Waals surface area contributed by atoms with Gasteiger partial charge in [-0.2, -0.15) is 0 Å². The molecule has 2 unspecified atom stereocenters. The van der Waals surface area contributed by atoms with E-state index in [1.807, 2.05) is 0 Å². The average Bonchev–Trinajstić information content (AvgIpc) is 2.29. The van der Waals surface area contributed by atoms with Gasteiger partial charge in [-0.1, -0.05) is 20.8 Å². The first-order valence-corrected chi connectivity index (χ1v) is 7.59. The molecular formula is C15H32N2. The molecular weight excluding hydrogens is 208 g/mol. The summed E-state index contributed by atoms with van der Waals surface area (Å²) in [6.45, 7) is 14.4. The molecule has 2 nitrogen and oxygen atoms in total. The molecule has 0 aliphatic carbocycles. The first-order chi connectivity index (χ1) is 8.13. The highest BCUT2D eigenvalue weighted by atomic mass is 15.1. The molecule has 17 heavy (non-hydrogen) atoms. The van der Waals surface area contributed by atoms with Crippen LogP contribution in [0.3, 0.4) is 0 Å². The third-order valence-corrected chi connectivity index (χ3v) is 3.98. The van der Waals surface area contributed by atoms with E-state index in [9.17, 15) is 0 Å². The van der Waals surface area contributed by atoms with Gasteiger partial charge in [0.1, 0.15) is 0 Å². The summed E-state index contributed by atoms with van der Waals surface area (Å²) in [5, 5.41) is 3.72. The minimum Gasteiger partial charge on any atom is -0.314 e. The van der Waals surface area contributed by atoms with E-state index in [0.717, 1.165) is 11.8 Å². The molecule has 102 valence electrons. The highest BCUT2D eigenvalue weighted by Crippen LogP contribution is 2.19. The Hall–Kier alpha value is -0.0800. The van der Waals surface area contributed by atoms with Crippen LogP contribution in [0.4, 0.5) is 0 Å². The maximum atomic E-state index is 3.72. The fourth-order valence-corrected chi connectivity index (χ4v) is 2.79. The molecule has 1 aliphatic rings. The lowest BCUT2D eigenvalue weighted by atomic mass is 9.91. The van der Waals surface area contributed by atoms with Gasteiger partial charge < -0.3 is 10.2 Å². The third-order valence-electron chi connectivity index (χ3n) is 3.98. The Morgan fingerprint density at radius 2 is 2.06 bits per heavy atom. The SMILES string of the molecule is CCCN1CCCC(C(C)NCCC(C)C)C1. The van der Waals surface area contributed by atoms with E-state index in [0.29, 0.717) is 6.04 Å². The molecule has 1 aliphatic heterocycles. The number of piperidine rings is 1. The van der Waals surface area contributed by atoms with Crippen LogP contribution < -0.4 is 5.32 Å². The number of nitrogens with zero attached hydrogens (tertiary/aromatic N) is 1. The zero-order valence-electron chi connectivity index (χ0n) is 12.3. The van der Waals surface area contributed by atoms with Gasteiger partial charge >= 0.3 is 0 Å². The smallest absolute Gasteiger partial charge is 0.00792 e. The molecule has 1 N–H and O–H groups in total. The van der Waals surface area contributed by atoms with Crippen molar-refractivity contribution in [2.24, 2.45) is 11.8 Å². The topological polar surface area (TPSA) is 15.3 Å². The highest BCUT2D eigenvalue weighted by molar-refractivity contribution is 4.80. The minimum atomic E-state index is 0.688. The lowest BCUT2D eigenvalue weighted by Gasteiger charge is -2.36. The normalized spacial score (nSPS) is 24.2. The number of rotatable bonds is 7. The molecule has 1 heterocycles. The summed E-state index contributed by atoms with van der Waals surface area (Å²) in [6.07, 6.45) is 5.40. The largest absolute Gasteiger partial charge is 0.314 e. The van der Waals surface area contributed by atoms with E-state index >= 15 is 0 Å². The number of hydrogen-bond acceptors (Lipinski definition) is 2. The fourth-order valence-electron chi connectivity index (χ4n) is 2.79. The summed E-state index contributed by atoms with van der Waals surface area (Å²) < 4.78 is 0. The Kier molecular flexibility index (Phi) is 7.14. The lowest BCUT2D eigenvalue weighted by molar-refractivity contribution is 0.150. The molecule has 0 aromatic carbocycles. The van der Waals surface area contributed by atoms with Crippen molar-refractivity contribution in [2.75, 3.05) is 26.2 Å². The molecule has 0 radical (unpaired) electrons. The van der Waals surface area contributed by atoms with Gasteiger partial charge in [-0.3, -0.25) is 0 Å². The van der Waals surface area contributed by atoms with Gasteiger partial charge in [-0.15, -0.1) is 0 Å². The summed E-state index contributed by atoms with van der Waals surface area (Å²) >= 11 is 0. The second-order valence-electron chi connectivity index (χ2n) is 6.13. The van der Waals surface area contributed by atoms with Crippen LogP contribution in [0.25, 0.3) is 0 Å². The minimum absolute atomic E-state index is 0.688. The van der Waals surface area contributed by atoms with E-state index in [1.54, 1.807) is 0 Å². The van der Waals surface area contributed by atoms with Gasteiger partial charge in [-0.25, -0.2) is 0 Å². The molecule has 0 saturated carbocycles. The van der Waals surface area contributed by atoms with E-state index in [-0.39, 0.29) is 0 Å². The predicted octanol–water partition coefficient (Wildman–Crippen LogP) is 3.13. The van der Waals surface area contributed by atoms with Crippen LogP contribution in [0.15, 0.2) is 0 Å². The Balaban J connectivity index is 2.23. The molecule has 0 amide bonds. The lowest BCUT2D eigenvalue weighted by Crippen LogP contribution is -2.45. The van der Waals surface area contributed by atoms with Crippen molar-refractivity contribution < 1.29 is 0 Å². The highest BCUT2D eigenvalue weighted by Gasteiger charge is 2.23. The molecule has 0 bridgehead atoms. The molecule has 0 spiro atoms. The van der Waals surface area contributed by atoms with Gasteiger partial charge in [-0.05, 0) is 64.1 Å². The second-order valence-corrected chi connectivity index (χ2v) is 6.13. The van der Waals surface area contributed by atoms with Crippen LogP contribution in [0.1, 0.15) is 53.4 Å². The zero-order chi connectivity index (χ0) is 12.7. The number of hydrogen-bond donors (Lipinski definition) is 1. The molecule has 1 rings (SSSR count). The van der Waals surface area contributed by atoms with Crippen LogP contribution in [0, 0.1) is 11.8 Å². The summed E-state index contributed by atoms with van der Waals surface area (Å²) in [5.41, 5.74) is 0. The Labute approximate surface area is 108 Å². The summed E-state index contributed by atoms with van der Waals surface area (Å²) in [7, 11) is 0. The third kappa shape index (κ3) is 5.87. The van der Waals surface area contributed by atoms with Crippen LogP contribution >= 0.6 is 0 Å². The van der Waals surface area contributed by atoms with Crippen molar-refractivity contribution in [3.05, 3.63) is 0 Å². The standard InChI is InChI=1S/C15H32N2/c1-5-10-17-11-6-7-15(12-17)14(4)16-9-8-13(2)3/h13-16H,5-12H2,1-4H3. The Morgan fingerprint density at radius 1 is 1.29 bits per heavy atom. The average molecular weight is 240 g/mol. The zero-order valence-corrected chi connectivity index (χ0v) is 12.3. The molecule has 1 saturated heterocycles. The first-order valence-electron chi connectivity index (χ1n) is 7.59. The van der Waals surface area contributed by atoms with Gasteiger partial charge in [0.2, 0.25) is 0 Å². The van der Waals surface area contributed by atoms with E-state index < -0.39 is 0 Å². The van der Waals surface area contributed by atoms with Crippen molar-refractivity contribution in [3.8, 4) is 0 Å². The maximum absolute atomic E-state index is 3.72. The summed E-state index contributed by atoms with van der Waals surface area (Å²) in [5.74, 6) is 1.68. The first kappa shape index (κ1) is 15.0. The van der Waals surface area contributed by atoms with E-state index in [4.69, 9.17) is 0 Å². The van der Waals surface area contributed by atoms with Crippen molar-refractivity contribution in [1.82, 2.24) is 10.2 Å². The van der Waals surface area contributed by atoms with Crippen LogP contribution in [0.5, 0.6) is 0 Å². The van der Waals surface area contributed by atoms with Gasteiger partial charge in [0.25, 0.3) is 0 Å². The van der Waals surface area contributed by atoms with Crippen LogP contribution in [-0.4, -0.2) is 37.1 Å². The number of nitrogens with one attached hydrogen (secondary N) is 1. The van der Waals surface area contributed by atoms with E-state index in [1.165, 1.54) is 51.9 Å². The quantitative estimate of drug-likeness (QED) is 0.735. The van der Waals surface area contributed by atoms with Gasteiger partial charge in [0, 0.05) is 12.6 Å². The summed E-state index contributed by atoms with van der Waals surface area (Å²) in [4.78, 5) is 2.65. The van der Waals surface area contributed by atoms with Gasteiger partial charge in [0.15, 0.2) is 0 Å². The van der Waals surface area contributed by atoms with Gasteiger partial charge in [0.05, 0.1) is 0 Å². The Bertz CT molecular complexity index is 189. The van der Waals surface area contributed by atoms with Crippen LogP contribution in [-0.2, 0) is 0 Å². The molecule has 0 aromatic heterocycles. The van der Waals surface area contributed by atoms with Crippen LogP contribution in [0.2, 0.25) is 0 Å².